The monoisotopic (exact) mass is 397 g/mol. The molecule has 1 amide bonds. The largest absolute Gasteiger partial charge is 0.460 e. The summed E-state index contributed by atoms with van der Waals surface area (Å²) >= 11 is 0. The molecule has 0 spiro atoms. The number of furan rings is 1. The number of rotatable bonds is 4. The molecule has 152 valence electrons. The van der Waals surface area contributed by atoms with E-state index in [-0.39, 0.29) is 17.3 Å². The van der Waals surface area contributed by atoms with E-state index in [1.165, 1.54) is 12.1 Å². The van der Waals surface area contributed by atoms with Crippen LogP contribution in [0.1, 0.15) is 29.5 Å². The van der Waals surface area contributed by atoms with Crippen LogP contribution in [-0.2, 0) is 6.54 Å². The van der Waals surface area contributed by atoms with Crippen LogP contribution < -0.4 is 10.5 Å². The van der Waals surface area contributed by atoms with Crippen LogP contribution in [0.2, 0.25) is 0 Å². The van der Waals surface area contributed by atoms with Gasteiger partial charge in [0.1, 0.15) is 17.2 Å². The fourth-order valence-electron chi connectivity index (χ4n) is 3.92. The van der Waals surface area contributed by atoms with Gasteiger partial charge in [0.25, 0.3) is 11.5 Å². The van der Waals surface area contributed by atoms with Crippen LogP contribution >= 0.6 is 0 Å². The van der Waals surface area contributed by atoms with Gasteiger partial charge in [-0.05, 0) is 43.7 Å². The first kappa shape index (κ1) is 19.2. The minimum absolute atomic E-state index is 0.175. The molecule has 1 aliphatic heterocycles. The topological polar surface area (TPSA) is 58.7 Å². The Kier molecular flexibility index (Phi) is 5.13. The highest BCUT2D eigenvalue weighted by atomic mass is 19.1. The molecule has 0 N–H and O–H groups in total. The van der Waals surface area contributed by atoms with Crippen molar-refractivity contribution in [1.29, 1.82) is 0 Å². The number of nitrogens with zero attached hydrogens (tertiary/aromatic N) is 3. The standard InChI is InChI=1S/C22H24FN3O3/c1-3-9-25-10-8-18-20(22(25)28)19(15(2)29-18)21(27)26-13-11-24(12-14-26)17-6-4-16(23)5-7-17/h4-8,10H,3,9,11-14H2,1-2H3. The summed E-state index contributed by atoms with van der Waals surface area (Å²) in [5, 5.41) is 0.365. The van der Waals surface area contributed by atoms with Gasteiger partial charge in [0.2, 0.25) is 0 Å². The summed E-state index contributed by atoms with van der Waals surface area (Å²) in [5.74, 6) is 0.0299. The van der Waals surface area contributed by atoms with Crippen molar-refractivity contribution in [3.63, 3.8) is 0 Å². The molecule has 7 heteroatoms. The van der Waals surface area contributed by atoms with E-state index in [9.17, 15) is 14.0 Å². The van der Waals surface area contributed by atoms with Crippen LogP contribution in [0.5, 0.6) is 0 Å². The van der Waals surface area contributed by atoms with Crippen LogP contribution in [0.4, 0.5) is 10.1 Å². The molecule has 4 rings (SSSR count). The number of fused-ring (bicyclic) bond motifs is 1. The summed E-state index contributed by atoms with van der Waals surface area (Å²) in [6.45, 7) is 6.67. The quantitative estimate of drug-likeness (QED) is 0.677. The molecule has 2 aromatic heterocycles. The number of halogens is 1. The normalized spacial score (nSPS) is 14.6. The lowest BCUT2D eigenvalue weighted by molar-refractivity contribution is 0.0746. The summed E-state index contributed by atoms with van der Waals surface area (Å²) < 4.78 is 20.5. The highest BCUT2D eigenvalue weighted by Gasteiger charge is 2.28. The van der Waals surface area contributed by atoms with Gasteiger partial charge in [-0.2, -0.15) is 0 Å². The average Bonchev–Trinajstić information content (AvgIpc) is 3.07. The molecule has 0 atom stereocenters. The third-order valence-electron chi connectivity index (χ3n) is 5.43. The summed E-state index contributed by atoms with van der Waals surface area (Å²) in [6.07, 6.45) is 2.55. The molecule has 0 saturated carbocycles. The molecule has 0 radical (unpaired) electrons. The molecule has 1 saturated heterocycles. The molecular formula is C22H24FN3O3. The van der Waals surface area contributed by atoms with E-state index < -0.39 is 0 Å². The Morgan fingerprint density at radius 3 is 2.45 bits per heavy atom. The molecule has 29 heavy (non-hydrogen) atoms. The fraction of sp³-hybridized carbons (Fsp3) is 0.364. The minimum atomic E-state index is -0.265. The number of anilines is 1. The molecule has 0 bridgehead atoms. The van der Waals surface area contributed by atoms with E-state index in [0.29, 0.717) is 55.0 Å². The zero-order valence-corrected chi connectivity index (χ0v) is 16.7. The highest BCUT2D eigenvalue weighted by Crippen LogP contribution is 2.25. The Hall–Kier alpha value is -3.09. The zero-order chi connectivity index (χ0) is 20.5. The summed E-state index contributed by atoms with van der Waals surface area (Å²) in [6, 6.07) is 8.13. The second-order valence-electron chi connectivity index (χ2n) is 7.34. The number of hydrogen-bond donors (Lipinski definition) is 0. The maximum atomic E-state index is 13.3. The maximum Gasteiger partial charge on any atom is 0.262 e. The predicted molar refractivity (Wildman–Crippen MR) is 110 cm³/mol. The molecule has 3 aromatic rings. The molecule has 1 aliphatic rings. The van der Waals surface area contributed by atoms with E-state index >= 15 is 0 Å². The SMILES string of the molecule is CCCn1ccc2oc(C)c(C(=O)N3CCN(c4ccc(F)cc4)CC3)c2c1=O. The second-order valence-corrected chi connectivity index (χ2v) is 7.34. The third kappa shape index (κ3) is 3.52. The fourth-order valence-corrected chi connectivity index (χ4v) is 3.92. The maximum absolute atomic E-state index is 13.3. The van der Waals surface area contributed by atoms with Crippen molar-refractivity contribution in [2.24, 2.45) is 0 Å². The molecule has 1 aromatic carbocycles. The van der Waals surface area contributed by atoms with Crippen molar-refractivity contribution in [1.82, 2.24) is 9.47 Å². The number of benzene rings is 1. The summed E-state index contributed by atoms with van der Waals surface area (Å²) in [7, 11) is 0. The van der Waals surface area contributed by atoms with Gasteiger partial charge in [-0.3, -0.25) is 9.59 Å². The lowest BCUT2D eigenvalue weighted by Gasteiger charge is -2.36. The number of carbonyl (C=O) groups excluding carboxylic acids is 1. The van der Waals surface area contributed by atoms with Crippen molar-refractivity contribution in [2.45, 2.75) is 26.8 Å². The van der Waals surface area contributed by atoms with Crippen molar-refractivity contribution in [3.05, 3.63) is 64.0 Å². The van der Waals surface area contributed by atoms with Gasteiger partial charge in [0, 0.05) is 44.6 Å². The lowest BCUT2D eigenvalue weighted by atomic mass is 10.1. The Labute approximate surface area is 168 Å². The molecule has 0 unspecified atom stereocenters. The summed E-state index contributed by atoms with van der Waals surface area (Å²) in [4.78, 5) is 30.0. The van der Waals surface area contributed by atoms with E-state index in [2.05, 4.69) is 4.90 Å². The van der Waals surface area contributed by atoms with Crippen LogP contribution in [0, 0.1) is 12.7 Å². The average molecular weight is 397 g/mol. The van der Waals surface area contributed by atoms with Gasteiger partial charge in [-0.15, -0.1) is 0 Å². The van der Waals surface area contributed by atoms with Crippen LogP contribution in [0.15, 0.2) is 45.7 Å². The molecule has 0 aliphatic carbocycles. The smallest absolute Gasteiger partial charge is 0.262 e. The third-order valence-corrected chi connectivity index (χ3v) is 5.43. The number of aromatic nitrogens is 1. The van der Waals surface area contributed by atoms with Crippen molar-refractivity contribution >= 4 is 22.6 Å². The Balaban J connectivity index is 1.58. The van der Waals surface area contributed by atoms with Crippen LogP contribution in [-0.4, -0.2) is 41.6 Å². The van der Waals surface area contributed by atoms with Crippen molar-refractivity contribution in [2.75, 3.05) is 31.1 Å². The molecule has 6 nitrogen and oxygen atoms in total. The van der Waals surface area contributed by atoms with Gasteiger partial charge in [-0.1, -0.05) is 6.92 Å². The van der Waals surface area contributed by atoms with E-state index in [4.69, 9.17) is 4.42 Å². The van der Waals surface area contributed by atoms with Gasteiger partial charge < -0.3 is 18.8 Å². The number of piperazine rings is 1. The van der Waals surface area contributed by atoms with E-state index in [1.54, 1.807) is 40.8 Å². The molecule has 1 fully saturated rings. The minimum Gasteiger partial charge on any atom is -0.460 e. The highest BCUT2D eigenvalue weighted by molar-refractivity contribution is 6.07. The second kappa shape index (κ2) is 7.73. The van der Waals surface area contributed by atoms with Gasteiger partial charge >= 0.3 is 0 Å². The van der Waals surface area contributed by atoms with Crippen LogP contribution in [0.25, 0.3) is 11.0 Å². The van der Waals surface area contributed by atoms with Gasteiger partial charge in [-0.25, -0.2) is 4.39 Å². The van der Waals surface area contributed by atoms with Crippen molar-refractivity contribution < 1.29 is 13.6 Å². The lowest BCUT2D eigenvalue weighted by Crippen LogP contribution is -2.49. The first-order valence-corrected chi connectivity index (χ1v) is 9.92. The number of aryl methyl sites for hydroxylation is 2. The summed E-state index contributed by atoms with van der Waals surface area (Å²) in [5.41, 5.74) is 1.57. The van der Waals surface area contributed by atoms with E-state index in [1.807, 2.05) is 6.92 Å². The van der Waals surface area contributed by atoms with E-state index in [0.717, 1.165) is 12.1 Å². The van der Waals surface area contributed by atoms with Crippen LogP contribution in [0.3, 0.4) is 0 Å². The molecule has 3 heterocycles. The van der Waals surface area contributed by atoms with Gasteiger partial charge in [0.05, 0.1) is 10.9 Å². The number of carbonyl (C=O) groups is 1. The Bertz CT molecular complexity index is 1090. The predicted octanol–water partition coefficient (Wildman–Crippen LogP) is 3.41. The number of pyridine rings is 1. The van der Waals surface area contributed by atoms with Gasteiger partial charge in [0.15, 0.2) is 0 Å². The Morgan fingerprint density at radius 1 is 1.10 bits per heavy atom. The number of amides is 1. The Morgan fingerprint density at radius 2 is 1.79 bits per heavy atom. The first-order valence-electron chi connectivity index (χ1n) is 9.92. The van der Waals surface area contributed by atoms with Crippen molar-refractivity contribution in [3.8, 4) is 0 Å². The molecular weight excluding hydrogens is 373 g/mol. The first-order chi connectivity index (χ1) is 14.0. The zero-order valence-electron chi connectivity index (χ0n) is 16.7. The number of hydrogen-bond acceptors (Lipinski definition) is 4.